The molecule has 0 radical (unpaired) electrons. The summed E-state index contributed by atoms with van der Waals surface area (Å²) in [6, 6.07) is 17.9. The molecule has 6 heteroatoms. The highest BCUT2D eigenvalue weighted by atomic mass is 32.2. The van der Waals surface area contributed by atoms with Crippen LogP contribution < -0.4 is 0 Å². The summed E-state index contributed by atoms with van der Waals surface area (Å²) < 4.78 is 24.7. The van der Waals surface area contributed by atoms with Crippen LogP contribution in [-0.4, -0.2) is 35.7 Å². The number of imidazole rings is 1. The molecular formula is C16H16N2O2S2. The summed E-state index contributed by atoms with van der Waals surface area (Å²) in [5.41, 5.74) is 2.96. The Labute approximate surface area is 134 Å². The third-order valence-corrected chi connectivity index (χ3v) is 5.37. The van der Waals surface area contributed by atoms with E-state index < -0.39 is 9.84 Å². The maximum atomic E-state index is 11.3. The monoisotopic (exact) mass is 332 g/mol. The SMILES string of the molecule is CS(=O)(=O)CCSc1nc2ccccc2n1-c1ccccc1. The lowest BCUT2D eigenvalue weighted by Gasteiger charge is -2.08. The van der Waals surface area contributed by atoms with Gasteiger partial charge in [0.2, 0.25) is 0 Å². The van der Waals surface area contributed by atoms with E-state index in [2.05, 4.69) is 9.55 Å². The first-order valence-corrected chi connectivity index (χ1v) is 9.93. The molecular weight excluding hydrogens is 316 g/mol. The summed E-state index contributed by atoms with van der Waals surface area (Å²) in [5, 5.41) is 0.816. The van der Waals surface area contributed by atoms with Crippen LogP contribution in [0.3, 0.4) is 0 Å². The van der Waals surface area contributed by atoms with Gasteiger partial charge in [0.1, 0.15) is 9.84 Å². The number of sulfone groups is 1. The van der Waals surface area contributed by atoms with Gasteiger partial charge in [-0.15, -0.1) is 0 Å². The highest BCUT2D eigenvalue weighted by Gasteiger charge is 2.13. The number of fused-ring (bicyclic) bond motifs is 1. The number of thioether (sulfide) groups is 1. The molecule has 0 fully saturated rings. The Kier molecular flexibility index (Phi) is 4.22. The van der Waals surface area contributed by atoms with E-state index in [0.29, 0.717) is 5.75 Å². The zero-order valence-corrected chi connectivity index (χ0v) is 13.8. The Bertz CT molecular complexity index is 887. The van der Waals surface area contributed by atoms with Crippen LogP contribution in [0.2, 0.25) is 0 Å². The smallest absolute Gasteiger partial charge is 0.173 e. The molecule has 0 spiro atoms. The van der Waals surface area contributed by atoms with Gasteiger partial charge >= 0.3 is 0 Å². The fraction of sp³-hybridized carbons (Fsp3) is 0.188. The van der Waals surface area contributed by atoms with Crippen LogP contribution in [0, 0.1) is 0 Å². The normalized spacial score (nSPS) is 11.9. The van der Waals surface area contributed by atoms with E-state index >= 15 is 0 Å². The molecule has 3 rings (SSSR count). The Balaban J connectivity index is 2.02. The van der Waals surface area contributed by atoms with Gasteiger partial charge in [0.15, 0.2) is 5.16 Å². The van der Waals surface area contributed by atoms with Crippen LogP contribution in [0.15, 0.2) is 59.8 Å². The standard InChI is InChI=1S/C16H16N2O2S2/c1-22(19,20)12-11-21-16-17-14-9-5-6-10-15(14)18(16)13-7-3-2-4-8-13/h2-10H,11-12H2,1H3. The topological polar surface area (TPSA) is 52.0 Å². The molecule has 114 valence electrons. The summed E-state index contributed by atoms with van der Waals surface area (Å²) in [5.74, 6) is 0.644. The van der Waals surface area contributed by atoms with Crippen LogP contribution in [0.1, 0.15) is 0 Å². The molecule has 1 heterocycles. The van der Waals surface area contributed by atoms with E-state index in [0.717, 1.165) is 21.9 Å². The summed E-state index contributed by atoms with van der Waals surface area (Å²) in [4.78, 5) is 4.64. The first-order chi connectivity index (χ1) is 10.5. The molecule has 0 saturated heterocycles. The van der Waals surface area contributed by atoms with Gasteiger partial charge in [-0.05, 0) is 24.3 Å². The van der Waals surface area contributed by atoms with Gasteiger partial charge in [-0.2, -0.15) is 0 Å². The Morgan fingerprint density at radius 1 is 1.05 bits per heavy atom. The molecule has 0 unspecified atom stereocenters. The van der Waals surface area contributed by atoms with Crippen molar-refractivity contribution in [3.63, 3.8) is 0 Å². The van der Waals surface area contributed by atoms with Crippen LogP contribution in [-0.2, 0) is 9.84 Å². The largest absolute Gasteiger partial charge is 0.287 e. The van der Waals surface area contributed by atoms with Crippen LogP contribution in [0.4, 0.5) is 0 Å². The molecule has 0 aliphatic heterocycles. The molecule has 22 heavy (non-hydrogen) atoms. The van der Waals surface area contributed by atoms with Gasteiger partial charge in [0.25, 0.3) is 0 Å². The highest BCUT2D eigenvalue weighted by Crippen LogP contribution is 2.27. The van der Waals surface area contributed by atoms with Gasteiger partial charge in [0, 0.05) is 17.7 Å². The predicted molar refractivity (Wildman–Crippen MR) is 91.5 cm³/mol. The third kappa shape index (κ3) is 3.34. The molecule has 0 aliphatic carbocycles. The van der Waals surface area contributed by atoms with Crippen LogP contribution >= 0.6 is 11.8 Å². The number of para-hydroxylation sites is 3. The van der Waals surface area contributed by atoms with E-state index in [4.69, 9.17) is 0 Å². The summed E-state index contributed by atoms with van der Waals surface area (Å²) >= 11 is 1.47. The van der Waals surface area contributed by atoms with Gasteiger partial charge in [-0.1, -0.05) is 42.1 Å². The number of hydrogen-bond acceptors (Lipinski definition) is 4. The fourth-order valence-electron chi connectivity index (χ4n) is 2.21. The van der Waals surface area contributed by atoms with E-state index in [9.17, 15) is 8.42 Å². The van der Waals surface area contributed by atoms with Gasteiger partial charge < -0.3 is 0 Å². The van der Waals surface area contributed by atoms with Crippen molar-refractivity contribution in [2.24, 2.45) is 0 Å². The maximum Gasteiger partial charge on any atom is 0.173 e. The van der Waals surface area contributed by atoms with Crippen molar-refractivity contribution in [3.05, 3.63) is 54.6 Å². The van der Waals surface area contributed by atoms with Crippen molar-refractivity contribution in [2.45, 2.75) is 5.16 Å². The summed E-state index contributed by atoms with van der Waals surface area (Å²) in [7, 11) is -2.96. The van der Waals surface area contributed by atoms with Crippen molar-refractivity contribution in [1.29, 1.82) is 0 Å². The van der Waals surface area contributed by atoms with Crippen LogP contribution in [0.5, 0.6) is 0 Å². The highest BCUT2D eigenvalue weighted by molar-refractivity contribution is 8.00. The van der Waals surface area contributed by atoms with Gasteiger partial charge in [-0.3, -0.25) is 4.57 Å². The molecule has 4 nitrogen and oxygen atoms in total. The van der Waals surface area contributed by atoms with E-state index in [1.807, 2.05) is 54.6 Å². The average molecular weight is 332 g/mol. The second kappa shape index (κ2) is 6.14. The quantitative estimate of drug-likeness (QED) is 0.674. The Hall–Kier alpha value is -1.79. The van der Waals surface area contributed by atoms with E-state index in [1.165, 1.54) is 18.0 Å². The summed E-state index contributed by atoms with van der Waals surface area (Å²) in [6.45, 7) is 0. The van der Waals surface area contributed by atoms with Crippen molar-refractivity contribution in [1.82, 2.24) is 9.55 Å². The molecule has 0 atom stereocenters. The van der Waals surface area contributed by atoms with Crippen molar-refractivity contribution < 1.29 is 8.42 Å². The third-order valence-electron chi connectivity index (χ3n) is 3.23. The molecule has 3 aromatic rings. The van der Waals surface area contributed by atoms with Gasteiger partial charge in [0.05, 0.1) is 16.8 Å². The van der Waals surface area contributed by atoms with E-state index in [1.54, 1.807) is 0 Å². The number of hydrogen-bond donors (Lipinski definition) is 0. The maximum absolute atomic E-state index is 11.3. The van der Waals surface area contributed by atoms with Crippen molar-refractivity contribution >= 4 is 32.6 Å². The molecule has 0 bridgehead atoms. The molecule has 0 saturated carbocycles. The first-order valence-electron chi connectivity index (χ1n) is 6.88. The average Bonchev–Trinajstić information content (AvgIpc) is 2.85. The number of aromatic nitrogens is 2. The molecule has 2 aromatic carbocycles. The predicted octanol–water partition coefficient (Wildman–Crippen LogP) is 3.16. The first kappa shape index (κ1) is 15.1. The zero-order valence-electron chi connectivity index (χ0n) is 12.1. The fourth-order valence-corrected chi connectivity index (χ4v) is 4.43. The lowest BCUT2D eigenvalue weighted by Crippen LogP contribution is -2.06. The molecule has 1 aromatic heterocycles. The molecule has 0 N–H and O–H groups in total. The van der Waals surface area contributed by atoms with Crippen molar-refractivity contribution in [3.8, 4) is 5.69 Å². The second-order valence-corrected chi connectivity index (χ2v) is 8.35. The number of rotatable bonds is 5. The zero-order chi connectivity index (χ0) is 15.6. The Morgan fingerprint density at radius 2 is 1.73 bits per heavy atom. The summed E-state index contributed by atoms with van der Waals surface area (Å²) in [6.07, 6.45) is 1.26. The van der Waals surface area contributed by atoms with E-state index in [-0.39, 0.29) is 5.75 Å². The van der Waals surface area contributed by atoms with Gasteiger partial charge in [-0.25, -0.2) is 13.4 Å². The number of benzene rings is 2. The second-order valence-electron chi connectivity index (χ2n) is 5.03. The van der Waals surface area contributed by atoms with Crippen LogP contribution in [0.25, 0.3) is 16.7 Å². The van der Waals surface area contributed by atoms with Crippen molar-refractivity contribution in [2.75, 3.05) is 17.8 Å². The molecule has 0 aliphatic rings. The minimum absolute atomic E-state index is 0.148. The Morgan fingerprint density at radius 3 is 2.45 bits per heavy atom. The number of nitrogens with zero attached hydrogens (tertiary/aromatic N) is 2. The lowest BCUT2D eigenvalue weighted by atomic mass is 10.3. The molecule has 0 amide bonds. The minimum atomic E-state index is -2.96. The lowest BCUT2D eigenvalue weighted by molar-refractivity contribution is 0.603. The minimum Gasteiger partial charge on any atom is -0.287 e.